The first-order valence-electron chi connectivity index (χ1n) is 7.55. The molecule has 0 aliphatic carbocycles. The molecule has 1 heterocycles. The molecule has 23 heavy (non-hydrogen) atoms. The first-order chi connectivity index (χ1) is 11.0. The highest BCUT2D eigenvalue weighted by molar-refractivity contribution is 5.68. The van der Waals surface area contributed by atoms with E-state index in [1.54, 1.807) is 0 Å². The monoisotopic (exact) mass is 324 g/mol. The van der Waals surface area contributed by atoms with Crippen molar-refractivity contribution in [1.82, 2.24) is 5.32 Å². The third-order valence-corrected chi connectivity index (χ3v) is 3.58. The second-order valence-corrected chi connectivity index (χ2v) is 5.21. The van der Waals surface area contributed by atoms with Crippen molar-refractivity contribution in [1.29, 1.82) is 0 Å². The van der Waals surface area contributed by atoms with Gasteiger partial charge in [-0.25, -0.2) is 4.79 Å². The summed E-state index contributed by atoms with van der Waals surface area (Å²) in [6, 6.07) is 2.79. The number of rotatable bonds is 7. The standard InChI is InChI=1S/C15H20N2O6/c1-3-5-11(4-2)16-15(18)21-8-10-6-13-14(23-9-22-13)7-12(10)17(19)20/h6-7,11H,3-5,8-9H2,1-2H3,(H,16,18). The maximum atomic E-state index is 11.8. The summed E-state index contributed by atoms with van der Waals surface area (Å²) in [4.78, 5) is 22.4. The molecular formula is C15H20N2O6. The number of benzene rings is 1. The summed E-state index contributed by atoms with van der Waals surface area (Å²) in [6.07, 6.45) is 2.02. The first kappa shape index (κ1) is 16.9. The number of amides is 1. The third kappa shape index (κ3) is 4.24. The molecule has 0 aromatic heterocycles. The number of nitro benzene ring substituents is 1. The lowest BCUT2D eigenvalue weighted by Crippen LogP contribution is -2.34. The van der Waals surface area contributed by atoms with E-state index < -0.39 is 11.0 Å². The fourth-order valence-corrected chi connectivity index (χ4v) is 2.34. The van der Waals surface area contributed by atoms with Crippen molar-refractivity contribution in [2.24, 2.45) is 0 Å². The first-order valence-corrected chi connectivity index (χ1v) is 7.55. The van der Waals surface area contributed by atoms with Crippen LogP contribution in [0.1, 0.15) is 38.7 Å². The second kappa shape index (κ2) is 7.66. The number of nitrogens with zero attached hydrogens (tertiary/aromatic N) is 1. The van der Waals surface area contributed by atoms with E-state index in [-0.39, 0.29) is 30.7 Å². The average Bonchev–Trinajstić information content (AvgIpc) is 2.98. The van der Waals surface area contributed by atoms with Crippen molar-refractivity contribution in [2.45, 2.75) is 45.8 Å². The molecule has 0 saturated heterocycles. The highest BCUT2D eigenvalue weighted by atomic mass is 16.7. The van der Waals surface area contributed by atoms with Crippen LogP contribution in [-0.4, -0.2) is 23.9 Å². The molecule has 126 valence electrons. The van der Waals surface area contributed by atoms with Gasteiger partial charge in [-0.05, 0) is 18.9 Å². The zero-order valence-electron chi connectivity index (χ0n) is 13.2. The minimum atomic E-state index is -0.586. The Hall–Kier alpha value is -2.51. The Morgan fingerprint density at radius 1 is 1.39 bits per heavy atom. The maximum Gasteiger partial charge on any atom is 0.407 e. The van der Waals surface area contributed by atoms with E-state index in [4.69, 9.17) is 14.2 Å². The van der Waals surface area contributed by atoms with Crippen molar-refractivity contribution in [2.75, 3.05) is 6.79 Å². The molecule has 8 nitrogen and oxygen atoms in total. The Balaban J connectivity index is 2.02. The summed E-state index contributed by atoms with van der Waals surface area (Å²) in [6.45, 7) is 3.82. The van der Waals surface area contributed by atoms with Crippen molar-refractivity contribution in [3.05, 3.63) is 27.8 Å². The molecule has 1 aromatic rings. The number of nitro groups is 1. The molecular weight excluding hydrogens is 304 g/mol. The Bertz CT molecular complexity index is 590. The van der Waals surface area contributed by atoms with E-state index in [0.29, 0.717) is 11.5 Å². The number of alkyl carbamates (subject to hydrolysis) is 1. The molecule has 0 spiro atoms. The van der Waals surface area contributed by atoms with Gasteiger partial charge in [-0.2, -0.15) is 0 Å². The minimum Gasteiger partial charge on any atom is -0.454 e. The van der Waals surface area contributed by atoms with Gasteiger partial charge in [-0.1, -0.05) is 20.3 Å². The van der Waals surface area contributed by atoms with Crippen molar-refractivity contribution in [3.8, 4) is 11.5 Å². The van der Waals surface area contributed by atoms with E-state index in [2.05, 4.69) is 5.32 Å². The summed E-state index contributed by atoms with van der Waals surface area (Å²) < 4.78 is 15.4. The molecule has 1 N–H and O–H groups in total. The van der Waals surface area contributed by atoms with Crippen molar-refractivity contribution in [3.63, 3.8) is 0 Å². The van der Waals surface area contributed by atoms with Crippen molar-refractivity contribution >= 4 is 11.8 Å². The number of fused-ring (bicyclic) bond motifs is 1. The summed E-state index contributed by atoms with van der Waals surface area (Å²) in [5, 5.41) is 13.9. The minimum absolute atomic E-state index is 0.0203. The van der Waals surface area contributed by atoms with Crippen LogP contribution >= 0.6 is 0 Å². The topological polar surface area (TPSA) is 99.9 Å². The van der Waals surface area contributed by atoms with Crippen LogP contribution in [0.3, 0.4) is 0 Å². The fourth-order valence-electron chi connectivity index (χ4n) is 2.34. The van der Waals surface area contributed by atoms with Crippen LogP contribution in [0.15, 0.2) is 12.1 Å². The molecule has 0 radical (unpaired) electrons. The van der Waals surface area contributed by atoms with E-state index in [1.807, 2.05) is 13.8 Å². The van der Waals surface area contributed by atoms with Gasteiger partial charge in [0.15, 0.2) is 11.5 Å². The molecule has 1 unspecified atom stereocenters. The Morgan fingerprint density at radius 3 is 2.70 bits per heavy atom. The Morgan fingerprint density at radius 2 is 2.09 bits per heavy atom. The smallest absolute Gasteiger partial charge is 0.407 e. The molecule has 1 atom stereocenters. The number of carbonyl (C=O) groups is 1. The number of carbonyl (C=O) groups excluding carboxylic acids is 1. The molecule has 0 bridgehead atoms. The highest BCUT2D eigenvalue weighted by Gasteiger charge is 2.24. The number of hydrogen-bond donors (Lipinski definition) is 1. The van der Waals surface area contributed by atoms with E-state index in [1.165, 1.54) is 12.1 Å². The summed E-state index contributed by atoms with van der Waals surface area (Å²) in [7, 11) is 0. The Labute approximate surface area is 133 Å². The summed E-state index contributed by atoms with van der Waals surface area (Å²) in [5.41, 5.74) is 0.0978. The van der Waals surface area contributed by atoms with Crippen LogP contribution in [0.5, 0.6) is 11.5 Å². The van der Waals surface area contributed by atoms with Gasteiger partial charge in [0.2, 0.25) is 6.79 Å². The zero-order chi connectivity index (χ0) is 16.8. The van der Waals surface area contributed by atoms with Gasteiger partial charge in [0.25, 0.3) is 5.69 Å². The quantitative estimate of drug-likeness (QED) is 0.611. The van der Waals surface area contributed by atoms with Gasteiger partial charge < -0.3 is 19.5 Å². The largest absolute Gasteiger partial charge is 0.454 e. The maximum absolute atomic E-state index is 11.8. The molecule has 1 aromatic carbocycles. The van der Waals surface area contributed by atoms with Gasteiger partial charge in [-0.3, -0.25) is 10.1 Å². The van der Waals surface area contributed by atoms with E-state index in [9.17, 15) is 14.9 Å². The van der Waals surface area contributed by atoms with Gasteiger partial charge >= 0.3 is 6.09 Å². The molecule has 0 fully saturated rings. The van der Waals surface area contributed by atoms with Crippen LogP contribution in [0, 0.1) is 10.1 Å². The second-order valence-electron chi connectivity index (χ2n) is 5.21. The summed E-state index contributed by atoms with van der Waals surface area (Å²) >= 11 is 0. The van der Waals surface area contributed by atoms with Crippen LogP contribution in [0.4, 0.5) is 10.5 Å². The molecule has 8 heteroatoms. The predicted molar refractivity (Wildman–Crippen MR) is 81.5 cm³/mol. The molecule has 1 aliphatic heterocycles. The van der Waals surface area contributed by atoms with Crippen LogP contribution < -0.4 is 14.8 Å². The van der Waals surface area contributed by atoms with Gasteiger partial charge in [0.05, 0.1) is 16.6 Å². The van der Waals surface area contributed by atoms with Crippen LogP contribution in [0.2, 0.25) is 0 Å². The van der Waals surface area contributed by atoms with E-state index >= 15 is 0 Å². The third-order valence-electron chi connectivity index (χ3n) is 3.58. The van der Waals surface area contributed by atoms with Crippen LogP contribution in [-0.2, 0) is 11.3 Å². The normalized spacial score (nSPS) is 13.5. The number of ether oxygens (including phenoxy) is 3. The fraction of sp³-hybridized carbons (Fsp3) is 0.533. The lowest BCUT2D eigenvalue weighted by atomic mass is 10.1. The van der Waals surface area contributed by atoms with E-state index in [0.717, 1.165) is 19.3 Å². The average molecular weight is 324 g/mol. The zero-order valence-corrected chi connectivity index (χ0v) is 13.2. The molecule has 2 rings (SSSR count). The molecule has 1 amide bonds. The molecule has 1 aliphatic rings. The van der Waals surface area contributed by atoms with Crippen LogP contribution in [0.25, 0.3) is 0 Å². The number of nitrogens with one attached hydrogen (secondary N) is 1. The highest BCUT2D eigenvalue weighted by Crippen LogP contribution is 2.38. The predicted octanol–water partition coefficient (Wildman–Crippen LogP) is 3.13. The van der Waals surface area contributed by atoms with Gasteiger partial charge in [0, 0.05) is 6.04 Å². The lowest BCUT2D eigenvalue weighted by molar-refractivity contribution is -0.385. The van der Waals surface area contributed by atoms with Gasteiger partial charge in [0.1, 0.15) is 6.61 Å². The van der Waals surface area contributed by atoms with Gasteiger partial charge in [-0.15, -0.1) is 0 Å². The summed E-state index contributed by atoms with van der Waals surface area (Å²) in [5.74, 6) is 0.728. The SMILES string of the molecule is CCCC(CC)NC(=O)OCc1cc2c(cc1[N+](=O)[O-])OCO2. The molecule has 0 saturated carbocycles. The lowest BCUT2D eigenvalue weighted by Gasteiger charge is -2.16. The Kier molecular flexibility index (Phi) is 5.61. The van der Waals surface area contributed by atoms with Crippen molar-refractivity contribution < 1.29 is 23.9 Å². The number of hydrogen-bond acceptors (Lipinski definition) is 6.